The molecule has 0 saturated heterocycles. The largest absolute Gasteiger partial charge is 0.497 e. The molecule has 134 valence electrons. The minimum atomic E-state index is -0.695. The molecule has 0 spiro atoms. The molecular formula is C20H19NO5. The Bertz CT molecular complexity index is 989. The number of amides is 1. The summed E-state index contributed by atoms with van der Waals surface area (Å²) in [5.41, 5.74) is 0.173. The number of carbonyl (C=O) groups is 1. The van der Waals surface area contributed by atoms with Crippen LogP contribution in [0, 0.1) is 0 Å². The molecule has 0 aliphatic rings. The summed E-state index contributed by atoms with van der Waals surface area (Å²) < 4.78 is 15.9. The van der Waals surface area contributed by atoms with Crippen molar-refractivity contribution in [3.63, 3.8) is 0 Å². The smallest absolute Gasteiger partial charge is 0.349 e. The van der Waals surface area contributed by atoms with E-state index in [0.717, 1.165) is 0 Å². The number of hydrogen-bond acceptors (Lipinski definition) is 5. The molecule has 1 amide bonds. The average molecular weight is 353 g/mol. The standard InChI is InChI=1S/C20H19NO5/c1-12(2)25-15-6-4-14(5-7-15)21-19(22)17-11-13-10-16(24-3)8-9-18(13)26-20(17)23/h4-12H,1-3H3,(H,21,22). The van der Waals surface area contributed by atoms with Crippen LogP contribution in [-0.4, -0.2) is 19.1 Å². The molecule has 0 aliphatic heterocycles. The van der Waals surface area contributed by atoms with E-state index in [1.54, 1.807) is 49.6 Å². The third kappa shape index (κ3) is 3.85. The van der Waals surface area contributed by atoms with Crippen LogP contribution in [0.2, 0.25) is 0 Å². The Kier molecular flexibility index (Phi) is 4.93. The zero-order valence-electron chi connectivity index (χ0n) is 14.7. The second-order valence-corrected chi connectivity index (χ2v) is 6.00. The van der Waals surface area contributed by atoms with Gasteiger partial charge in [-0.15, -0.1) is 0 Å². The van der Waals surface area contributed by atoms with Crippen LogP contribution in [0.3, 0.4) is 0 Å². The molecule has 0 fully saturated rings. The van der Waals surface area contributed by atoms with Crippen molar-refractivity contribution in [3.05, 3.63) is 64.5 Å². The predicted octanol–water partition coefficient (Wildman–Crippen LogP) is 3.84. The summed E-state index contributed by atoms with van der Waals surface area (Å²) in [6, 6.07) is 13.4. The Morgan fingerprint density at radius 3 is 2.38 bits per heavy atom. The number of carbonyl (C=O) groups excluding carboxylic acids is 1. The van der Waals surface area contributed by atoms with Gasteiger partial charge in [0.05, 0.1) is 13.2 Å². The second-order valence-electron chi connectivity index (χ2n) is 6.00. The molecule has 6 heteroatoms. The van der Waals surface area contributed by atoms with Crippen LogP contribution in [0.1, 0.15) is 24.2 Å². The number of benzene rings is 2. The Morgan fingerprint density at radius 2 is 1.73 bits per heavy atom. The number of hydrogen-bond donors (Lipinski definition) is 1. The van der Waals surface area contributed by atoms with Crippen LogP contribution in [0.15, 0.2) is 57.7 Å². The summed E-state index contributed by atoms with van der Waals surface area (Å²) in [7, 11) is 1.54. The highest BCUT2D eigenvalue weighted by atomic mass is 16.5. The number of rotatable bonds is 5. The molecule has 0 unspecified atom stereocenters. The van der Waals surface area contributed by atoms with E-state index in [1.807, 2.05) is 13.8 Å². The molecule has 0 saturated carbocycles. The quantitative estimate of drug-likeness (QED) is 0.705. The maximum atomic E-state index is 12.5. The number of methoxy groups -OCH3 is 1. The first-order valence-electron chi connectivity index (χ1n) is 8.16. The normalized spacial score (nSPS) is 10.8. The Hall–Kier alpha value is -3.28. The summed E-state index contributed by atoms with van der Waals surface area (Å²) >= 11 is 0. The third-order valence-corrected chi connectivity index (χ3v) is 3.67. The lowest BCUT2D eigenvalue weighted by Gasteiger charge is -2.10. The van der Waals surface area contributed by atoms with Crippen molar-refractivity contribution in [1.82, 2.24) is 0 Å². The molecule has 0 atom stereocenters. The molecule has 1 heterocycles. The van der Waals surface area contributed by atoms with Crippen molar-refractivity contribution >= 4 is 22.6 Å². The van der Waals surface area contributed by atoms with E-state index < -0.39 is 11.5 Å². The highest BCUT2D eigenvalue weighted by Crippen LogP contribution is 2.21. The maximum absolute atomic E-state index is 12.5. The van der Waals surface area contributed by atoms with E-state index in [2.05, 4.69) is 5.32 Å². The van der Waals surface area contributed by atoms with E-state index in [0.29, 0.717) is 28.2 Å². The van der Waals surface area contributed by atoms with Crippen LogP contribution in [-0.2, 0) is 0 Å². The summed E-state index contributed by atoms with van der Waals surface area (Å²) in [6.45, 7) is 3.87. The van der Waals surface area contributed by atoms with Gasteiger partial charge in [-0.1, -0.05) is 0 Å². The van der Waals surface area contributed by atoms with Crippen LogP contribution in [0.5, 0.6) is 11.5 Å². The Balaban J connectivity index is 1.85. The lowest BCUT2D eigenvalue weighted by Crippen LogP contribution is -2.20. The van der Waals surface area contributed by atoms with E-state index in [9.17, 15) is 9.59 Å². The van der Waals surface area contributed by atoms with Crippen molar-refractivity contribution in [1.29, 1.82) is 0 Å². The molecule has 26 heavy (non-hydrogen) atoms. The SMILES string of the molecule is COc1ccc2oc(=O)c(C(=O)Nc3ccc(OC(C)C)cc3)cc2c1. The van der Waals surface area contributed by atoms with E-state index >= 15 is 0 Å². The Morgan fingerprint density at radius 1 is 1.04 bits per heavy atom. The third-order valence-electron chi connectivity index (χ3n) is 3.67. The lowest BCUT2D eigenvalue weighted by molar-refractivity contribution is 0.102. The minimum absolute atomic E-state index is 0.0645. The fraction of sp³-hybridized carbons (Fsp3) is 0.200. The van der Waals surface area contributed by atoms with Gasteiger partial charge in [0.1, 0.15) is 22.6 Å². The van der Waals surface area contributed by atoms with Gasteiger partial charge in [-0.05, 0) is 62.4 Å². The molecular weight excluding hydrogens is 334 g/mol. The maximum Gasteiger partial charge on any atom is 0.349 e. The molecule has 2 aromatic carbocycles. The van der Waals surface area contributed by atoms with Crippen LogP contribution in [0.4, 0.5) is 5.69 Å². The van der Waals surface area contributed by atoms with Crippen LogP contribution < -0.4 is 20.4 Å². The molecule has 1 aromatic heterocycles. The Labute approximate surface area is 150 Å². The first-order valence-corrected chi connectivity index (χ1v) is 8.16. The van der Waals surface area contributed by atoms with Crippen molar-refractivity contribution in [2.75, 3.05) is 12.4 Å². The van der Waals surface area contributed by atoms with Crippen molar-refractivity contribution in [2.45, 2.75) is 20.0 Å². The topological polar surface area (TPSA) is 77.8 Å². The molecule has 0 bridgehead atoms. The number of anilines is 1. The zero-order valence-corrected chi connectivity index (χ0v) is 14.7. The van der Waals surface area contributed by atoms with Crippen LogP contribution in [0.25, 0.3) is 11.0 Å². The summed E-state index contributed by atoms with van der Waals surface area (Å²) in [5.74, 6) is 0.773. The van der Waals surface area contributed by atoms with E-state index in [4.69, 9.17) is 13.9 Å². The van der Waals surface area contributed by atoms with E-state index in [1.165, 1.54) is 6.07 Å². The number of ether oxygens (including phenoxy) is 2. The molecule has 6 nitrogen and oxygen atoms in total. The molecule has 0 radical (unpaired) electrons. The fourth-order valence-corrected chi connectivity index (χ4v) is 2.47. The molecule has 3 rings (SSSR count). The second kappa shape index (κ2) is 7.31. The lowest BCUT2D eigenvalue weighted by atomic mass is 10.1. The number of nitrogens with one attached hydrogen (secondary N) is 1. The first kappa shape index (κ1) is 17.5. The zero-order chi connectivity index (χ0) is 18.7. The minimum Gasteiger partial charge on any atom is -0.497 e. The summed E-state index contributed by atoms with van der Waals surface area (Å²) in [6.07, 6.45) is 0.0645. The van der Waals surface area contributed by atoms with Gasteiger partial charge in [-0.2, -0.15) is 0 Å². The van der Waals surface area contributed by atoms with E-state index in [-0.39, 0.29) is 11.7 Å². The predicted molar refractivity (Wildman–Crippen MR) is 99.2 cm³/mol. The fourth-order valence-electron chi connectivity index (χ4n) is 2.47. The van der Waals surface area contributed by atoms with Crippen molar-refractivity contribution in [2.24, 2.45) is 0 Å². The first-order chi connectivity index (χ1) is 12.5. The van der Waals surface area contributed by atoms with Gasteiger partial charge in [0, 0.05) is 11.1 Å². The monoisotopic (exact) mass is 353 g/mol. The number of fused-ring (bicyclic) bond motifs is 1. The van der Waals surface area contributed by atoms with Gasteiger partial charge >= 0.3 is 5.63 Å². The molecule has 0 aliphatic carbocycles. The highest BCUT2D eigenvalue weighted by molar-refractivity contribution is 6.05. The average Bonchev–Trinajstić information content (AvgIpc) is 2.62. The summed E-state index contributed by atoms with van der Waals surface area (Å²) in [4.78, 5) is 24.6. The van der Waals surface area contributed by atoms with Crippen molar-refractivity contribution < 1.29 is 18.7 Å². The highest BCUT2D eigenvalue weighted by Gasteiger charge is 2.14. The van der Waals surface area contributed by atoms with Gasteiger partial charge < -0.3 is 19.2 Å². The van der Waals surface area contributed by atoms with Gasteiger partial charge in [0.25, 0.3) is 5.91 Å². The van der Waals surface area contributed by atoms with Crippen molar-refractivity contribution in [3.8, 4) is 11.5 Å². The molecule has 1 N–H and O–H groups in total. The van der Waals surface area contributed by atoms with Gasteiger partial charge in [0.2, 0.25) is 0 Å². The van der Waals surface area contributed by atoms with Gasteiger partial charge in [-0.3, -0.25) is 4.79 Å². The van der Waals surface area contributed by atoms with Crippen LogP contribution >= 0.6 is 0 Å². The molecule has 3 aromatic rings. The summed E-state index contributed by atoms with van der Waals surface area (Å²) in [5, 5.41) is 3.29. The van der Waals surface area contributed by atoms with Gasteiger partial charge in [0.15, 0.2) is 0 Å². The van der Waals surface area contributed by atoms with Gasteiger partial charge in [-0.25, -0.2) is 4.79 Å².